The maximum absolute atomic E-state index is 12.9. The molecule has 0 radical (unpaired) electrons. The molecule has 5 nitrogen and oxygen atoms in total. The second kappa shape index (κ2) is 11.7. The monoisotopic (exact) mass is 436 g/mol. The van der Waals surface area contributed by atoms with Gasteiger partial charge in [0.25, 0.3) is 5.91 Å². The molecule has 0 aliphatic carbocycles. The molecule has 0 aliphatic rings. The van der Waals surface area contributed by atoms with E-state index in [1.54, 1.807) is 37.3 Å². The Labute approximate surface area is 181 Å². The van der Waals surface area contributed by atoms with Gasteiger partial charge >= 0.3 is 0 Å². The van der Waals surface area contributed by atoms with Crippen molar-refractivity contribution in [3.05, 3.63) is 64.1 Å². The van der Waals surface area contributed by atoms with Gasteiger partial charge in [-0.05, 0) is 43.2 Å². The van der Waals surface area contributed by atoms with Gasteiger partial charge in [-0.25, -0.2) is 0 Å². The van der Waals surface area contributed by atoms with E-state index in [4.69, 9.17) is 27.9 Å². The summed E-state index contributed by atoms with van der Waals surface area (Å²) in [6, 6.07) is 13.6. The van der Waals surface area contributed by atoms with Crippen LogP contribution < -0.4 is 10.1 Å². The first kappa shape index (κ1) is 23.0. The van der Waals surface area contributed by atoms with E-state index in [1.807, 2.05) is 18.2 Å². The Morgan fingerprint density at radius 2 is 1.83 bits per heavy atom. The first-order valence-electron chi connectivity index (χ1n) is 9.61. The van der Waals surface area contributed by atoms with Crippen molar-refractivity contribution < 1.29 is 14.3 Å². The molecule has 0 fully saturated rings. The SMILES string of the molecule is CCCCNC(=O)C(C)N(Cc1ccc(Cl)c(Cl)c1)C(=O)COc1ccccc1. The molecule has 0 spiro atoms. The van der Waals surface area contributed by atoms with Crippen molar-refractivity contribution in [1.82, 2.24) is 10.2 Å². The zero-order chi connectivity index (χ0) is 21.2. The van der Waals surface area contributed by atoms with Crippen LogP contribution in [-0.4, -0.2) is 35.9 Å². The van der Waals surface area contributed by atoms with Crippen LogP contribution in [0.25, 0.3) is 0 Å². The summed E-state index contributed by atoms with van der Waals surface area (Å²) >= 11 is 12.1. The van der Waals surface area contributed by atoms with E-state index in [0.29, 0.717) is 22.3 Å². The Hall–Kier alpha value is -2.24. The number of hydrogen-bond acceptors (Lipinski definition) is 3. The fraction of sp³-hybridized carbons (Fsp3) is 0.364. The smallest absolute Gasteiger partial charge is 0.261 e. The molecule has 2 rings (SSSR count). The van der Waals surface area contributed by atoms with Gasteiger partial charge in [-0.2, -0.15) is 0 Å². The molecule has 29 heavy (non-hydrogen) atoms. The largest absolute Gasteiger partial charge is 0.484 e. The molecule has 0 saturated carbocycles. The summed E-state index contributed by atoms with van der Waals surface area (Å²) in [5, 5.41) is 3.71. The summed E-state index contributed by atoms with van der Waals surface area (Å²) in [6.45, 7) is 4.39. The predicted octanol–water partition coefficient (Wildman–Crippen LogP) is 4.71. The van der Waals surface area contributed by atoms with Crippen molar-refractivity contribution in [2.75, 3.05) is 13.2 Å². The number of carbonyl (C=O) groups is 2. The Morgan fingerprint density at radius 3 is 2.48 bits per heavy atom. The molecule has 0 aromatic heterocycles. The third-order valence-corrected chi connectivity index (χ3v) is 5.18. The summed E-state index contributed by atoms with van der Waals surface area (Å²) in [7, 11) is 0. The molecule has 1 atom stereocenters. The zero-order valence-electron chi connectivity index (χ0n) is 16.7. The second-order valence-electron chi connectivity index (χ2n) is 6.69. The van der Waals surface area contributed by atoms with Crippen molar-refractivity contribution in [1.29, 1.82) is 0 Å². The van der Waals surface area contributed by atoms with Gasteiger partial charge in [-0.1, -0.05) is 60.8 Å². The Kier molecular flexibility index (Phi) is 9.29. The highest BCUT2D eigenvalue weighted by molar-refractivity contribution is 6.42. The molecule has 0 bridgehead atoms. The molecule has 0 aliphatic heterocycles. The quantitative estimate of drug-likeness (QED) is 0.548. The lowest BCUT2D eigenvalue weighted by Gasteiger charge is -2.29. The van der Waals surface area contributed by atoms with Crippen molar-refractivity contribution >= 4 is 35.0 Å². The zero-order valence-corrected chi connectivity index (χ0v) is 18.2. The molecule has 2 aromatic carbocycles. The lowest BCUT2D eigenvalue weighted by Crippen LogP contribution is -2.49. The van der Waals surface area contributed by atoms with E-state index in [2.05, 4.69) is 12.2 Å². The Morgan fingerprint density at radius 1 is 1.10 bits per heavy atom. The normalized spacial score (nSPS) is 11.6. The summed E-state index contributed by atoms with van der Waals surface area (Å²) in [6.07, 6.45) is 1.86. The molecule has 7 heteroatoms. The van der Waals surface area contributed by atoms with E-state index < -0.39 is 6.04 Å². The van der Waals surface area contributed by atoms with Crippen molar-refractivity contribution in [3.8, 4) is 5.75 Å². The fourth-order valence-electron chi connectivity index (χ4n) is 2.70. The van der Waals surface area contributed by atoms with Crippen LogP contribution in [0.5, 0.6) is 5.75 Å². The lowest BCUT2D eigenvalue weighted by molar-refractivity contribution is -0.142. The summed E-state index contributed by atoms with van der Waals surface area (Å²) < 4.78 is 5.59. The van der Waals surface area contributed by atoms with Crippen LogP contribution in [0.1, 0.15) is 32.3 Å². The van der Waals surface area contributed by atoms with Crippen molar-refractivity contribution in [2.24, 2.45) is 0 Å². The summed E-state index contributed by atoms with van der Waals surface area (Å²) in [5.41, 5.74) is 0.778. The summed E-state index contributed by atoms with van der Waals surface area (Å²) in [4.78, 5) is 27.0. The first-order chi connectivity index (χ1) is 13.9. The van der Waals surface area contributed by atoms with Crippen LogP contribution in [-0.2, 0) is 16.1 Å². The molecule has 1 unspecified atom stereocenters. The number of amides is 2. The standard InChI is InChI=1S/C22H26Cl2N2O3/c1-3-4-12-25-22(28)16(2)26(14-17-10-11-19(23)20(24)13-17)21(27)15-29-18-8-6-5-7-9-18/h5-11,13,16H,3-4,12,14-15H2,1-2H3,(H,25,28). The molecular formula is C22H26Cl2N2O3. The van der Waals surface area contributed by atoms with Crippen LogP contribution in [0.4, 0.5) is 0 Å². The van der Waals surface area contributed by atoms with Gasteiger partial charge < -0.3 is 15.0 Å². The number of unbranched alkanes of at least 4 members (excludes halogenated alkanes) is 1. The van der Waals surface area contributed by atoms with E-state index >= 15 is 0 Å². The number of ether oxygens (including phenoxy) is 1. The summed E-state index contributed by atoms with van der Waals surface area (Å²) in [5.74, 6) is 0.0972. The van der Waals surface area contributed by atoms with Gasteiger partial charge in [0.2, 0.25) is 5.91 Å². The predicted molar refractivity (Wildman–Crippen MR) is 116 cm³/mol. The van der Waals surface area contributed by atoms with Crippen LogP contribution in [0.3, 0.4) is 0 Å². The third kappa shape index (κ3) is 7.26. The first-order valence-corrected chi connectivity index (χ1v) is 10.4. The van der Waals surface area contributed by atoms with E-state index in [1.165, 1.54) is 4.90 Å². The van der Waals surface area contributed by atoms with Crippen LogP contribution >= 0.6 is 23.2 Å². The van der Waals surface area contributed by atoms with Crippen molar-refractivity contribution in [3.63, 3.8) is 0 Å². The number of para-hydroxylation sites is 1. The molecule has 156 valence electrons. The third-order valence-electron chi connectivity index (χ3n) is 4.44. The van der Waals surface area contributed by atoms with E-state index in [9.17, 15) is 9.59 Å². The highest BCUT2D eigenvalue weighted by atomic mass is 35.5. The number of nitrogens with one attached hydrogen (secondary N) is 1. The Balaban J connectivity index is 2.13. The number of carbonyl (C=O) groups excluding carboxylic acids is 2. The number of benzene rings is 2. The van der Waals surface area contributed by atoms with Crippen LogP contribution in [0, 0.1) is 0 Å². The number of hydrogen-bond donors (Lipinski definition) is 1. The fourth-order valence-corrected chi connectivity index (χ4v) is 3.02. The second-order valence-corrected chi connectivity index (χ2v) is 7.51. The number of rotatable bonds is 10. The van der Waals surface area contributed by atoms with Gasteiger partial charge in [0.1, 0.15) is 11.8 Å². The molecular weight excluding hydrogens is 411 g/mol. The van der Waals surface area contributed by atoms with Gasteiger partial charge in [-0.3, -0.25) is 9.59 Å². The average molecular weight is 437 g/mol. The minimum Gasteiger partial charge on any atom is -0.484 e. The van der Waals surface area contributed by atoms with Gasteiger partial charge in [0.05, 0.1) is 10.0 Å². The lowest BCUT2D eigenvalue weighted by atomic mass is 10.1. The minimum atomic E-state index is -0.659. The molecule has 1 N–H and O–H groups in total. The van der Waals surface area contributed by atoms with Gasteiger partial charge in [0.15, 0.2) is 6.61 Å². The van der Waals surface area contributed by atoms with Crippen molar-refractivity contribution in [2.45, 2.75) is 39.3 Å². The van der Waals surface area contributed by atoms with Crippen LogP contribution in [0.15, 0.2) is 48.5 Å². The maximum atomic E-state index is 12.9. The van der Waals surface area contributed by atoms with E-state index in [0.717, 1.165) is 18.4 Å². The number of nitrogens with zero attached hydrogens (tertiary/aromatic N) is 1. The van der Waals surface area contributed by atoms with Gasteiger partial charge in [-0.15, -0.1) is 0 Å². The van der Waals surface area contributed by atoms with Crippen LogP contribution in [0.2, 0.25) is 10.0 Å². The molecule has 0 heterocycles. The average Bonchev–Trinajstić information content (AvgIpc) is 2.73. The molecule has 0 saturated heterocycles. The Bertz CT molecular complexity index is 815. The van der Waals surface area contributed by atoms with E-state index in [-0.39, 0.29) is 25.0 Å². The highest BCUT2D eigenvalue weighted by Crippen LogP contribution is 2.24. The minimum absolute atomic E-state index is 0.169. The topological polar surface area (TPSA) is 58.6 Å². The number of halogens is 2. The molecule has 2 amide bonds. The highest BCUT2D eigenvalue weighted by Gasteiger charge is 2.26. The van der Waals surface area contributed by atoms with Gasteiger partial charge in [0, 0.05) is 13.1 Å². The maximum Gasteiger partial charge on any atom is 0.261 e. The molecule has 2 aromatic rings.